The van der Waals surface area contributed by atoms with Gasteiger partial charge in [-0.1, -0.05) is 11.2 Å². The lowest BCUT2D eigenvalue weighted by Gasteiger charge is -2.00. The molecule has 22 heavy (non-hydrogen) atoms. The van der Waals surface area contributed by atoms with E-state index in [-0.39, 0.29) is 11.1 Å². The molecule has 3 rings (SSSR count). The predicted octanol–water partition coefficient (Wildman–Crippen LogP) is 3.96. The Bertz CT molecular complexity index is 791. The van der Waals surface area contributed by atoms with Crippen LogP contribution in [0.25, 0.3) is 6.08 Å². The summed E-state index contributed by atoms with van der Waals surface area (Å²) in [5.41, 5.74) is 1.98. The lowest BCUT2D eigenvalue weighted by atomic mass is 10.2. The van der Waals surface area contributed by atoms with Gasteiger partial charge in [-0.3, -0.25) is 4.79 Å². The van der Waals surface area contributed by atoms with E-state index >= 15 is 0 Å². The second kappa shape index (κ2) is 5.76. The number of amides is 1. The molecule has 1 aromatic heterocycles. The van der Waals surface area contributed by atoms with E-state index in [0.717, 1.165) is 23.0 Å². The molecule has 1 amide bonds. The van der Waals surface area contributed by atoms with Gasteiger partial charge in [-0.25, -0.2) is 9.38 Å². The maximum Gasteiger partial charge on any atom is 0.289 e. The van der Waals surface area contributed by atoms with Crippen LogP contribution < -0.4 is 5.32 Å². The Hall–Kier alpha value is -2.41. The monoisotopic (exact) mass is 317 g/mol. The summed E-state index contributed by atoms with van der Waals surface area (Å²) in [6.07, 6.45) is 1.79. The van der Waals surface area contributed by atoms with Crippen molar-refractivity contribution >= 4 is 34.6 Å². The standard InChI is InChI=1S/C15H12FN3O2S/c1-8-12(9(2)21-19-8)7-13-14(18-15(20)22-13)17-11-5-3-4-10(16)6-11/h3-7H,1-2H3,(H,17,18,20)/b13-7-. The maximum absolute atomic E-state index is 13.2. The van der Waals surface area contributed by atoms with Crippen LogP contribution in [0.5, 0.6) is 0 Å². The van der Waals surface area contributed by atoms with Gasteiger partial charge in [0.05, 0.1) is 16.3 Å². The van der Waals surface area contributed by atoms with Crippen molar-refractivity contribution < 1.29 is 13.7 Å². The molecule has 2 heterocycles. The summed E-state index contributed by atoms with van der Waals surface area (Å²) >= 11 is 1.03. The number of carbonyl (C=O) groups excluding carboxylic acids is 1. The summed E-state index contributed by atoms with van der Waals surface area (Å²) in [7, 11) is 0. The molecule has 1 aliphatic heterocycles. The average Bonchev–Trinajstić information content (AvgIpc) is 2.96. The van der Waals surface area contributed by atoms with Gasteiger partial charge in [0.15, 0.2) is 0 Å². The number of thioether (sulfide) groups is 1. The van der Waals surface area contributed by atoms with Crippen LogP contribution in [0.3, 0.4) is 0 Å². The van der Waals surface area contributed by atoms with Crippen LogP contribution in [0.1, 0.15) is 17.0 Å². The van der Waals surface area contributed by atoms with E-state index in [0.29, 0.717) is 22.2 Å². The van der Waals surface area contributed by atoms with Crippen molar-refractivity contribution in [1.82, 2.24) is 10.5 Å². The molecule has 0 unspecified atom stereocenters. The molecule has 0 bridgehead atoms. The Morgan fingerprint density at radius 1 is 1.41 bits per heavy atom. The molecule has 0 spiro atoms. The predicted molar refractivity (Wildman–Crippen MR) is 83.6 cm³/mol. The molecule has 1 fully saturated rings. The number of hydrogen-bond donors (Lipinski definition) is 1. The summed E-state index contributed by atoms with van der Waals surface area (Å²) in [4.78, 5) is 16.6. The SMILES string of the molecule is Cc1noc(C)c1/C=C1\SC(=O)NC1=Nc1cccc(F)c1. The topological polar surface area (TPSA) is 67.5 Å². The molecule has 1 aliphatic rings. The molecule has 2 aromatic rings. The third-order valence-electron chi connectivity index (χ3n) is 3.07. The highest BCUT2D eigenvalue weighted by molar-refractivity contribution is 8.18. The summed E-state index contributed by atoms with van der Waals surface area (Å²) in [6.45, 7) is 3.62. The summed E-state index contributed by atoms with van der Waals surface area (Å²) in [5.74, 6) is 0.672. The first-order chi connectivity index (χ1) is 10.5. The second-order valence-electron chi connectivity index (χ2n) is 4.70. The van der Waals surface area contributed by atoms with Gasteiger partial charge >= 0.3 is 0 Å². The summed E-state index contributed by atoms with van der Waals surface area (Å²) in [5, 5.41) is 6.30. The second-order valence-corrected chi connectivity index (χ2v) is 5.72. The van der Waals surface area contributed by atoms with Gasteiger partial charge in [-0.15, -0.1) is 0 Å². The van der Waals surface area contributed by atoms with E-state index in [1.54, 1.807) is 25.1 Å². The smallest absolute Gasteiger partial charge is 0.289 e. The zero-order chi connectivity index (χ0) is 15.7. The lowest BCUT2D eigenvalue weighted by molar-refractivity contribution is 0.265. The van der Waals surface area contributed by atoms with Crippen LogP contribution >= 0.6 is 11.8 Å². The Balaban J connectivity index is 2.01. The molecule has 1 aromatic carbocycles. The van der Waals surface area contributed by atoms with Crippen molar-refractivity contribution in [2.75, 3.05) is 0 Å². The van der Waals surface area contributed by atoms with Gasteiger partial charge in [0, 0.05) is 5.56 Å². The number of nitrogens with zero attached hydrogens (tertiary/aromatic N) is 2. The van der Waals surface area contributed by atoms with E-state index in [9.17, 15) is 9.18 Å². The summed E-state index contributed by atoms with van der Waals surface area (Å²) < 4.78 is 18.3. The number of halogens is 1. The van der Waals surface area contributed by atoms with Crippen LogP contribution in [-0.4, -0.2) is 16.2 Å². The highest BCUT2D eigenvalue weighted by Gasteiger charge is 2.24. The number of carbonyl (C=O) groups is 1. The molecule has 0 saturated carbocycles. The van der Waals surface area contributed by atoms with Gasteiger partial charge < -0.3 is 9.84 Å². The van der Waals surface area contributed by atoms with Gasteiger partial charge in [0.25, 0.3) is 5.24 Å². The normalized spacial score (nSPS) is 18.2. The molecule has 0 aliphatic carbocycles. The van der Waals surface area contributed by atoms with E-state index in [1.165, 1.54) is 12.1 Å². The van der Waals surface area contributed by atoms with E-state index in [1.807, 2.05) is 6.92 Å². The number of aliphatic imine (C=N–C) groups is 1. The quantitative estimate of drug-likeness (QED) is 0.910. The largest absolute Gasteiger partial charge is 0.361 e. The number of nitrogens with one attached hydrogen (secondary N) is 1. The van der Waals surface area contributed by atoms with Gasteiger partial charge in [-0.2, -0.15) is 0 Å². The highest BCUT2D eigenvalue weighted by atomic mass is 32.2. The van der Waals surface area contributed by atoms with Crippen molar-refractivity contribution in [3.63, 3.8) is 0 Å². The first kappa shape index (κ1) is 14.5. The van der Waals surface area contributed by atoms with Crippen LogP contribution in [-0.2, 0) is 0 Å². The van der Waals surface area contributed by atoms with Crippen LogP contribution in [0.2, 0.25) is 0 Å². The minimum absolute atomic E-state index is 0.229. The fourth-order valence-corrected chi connectivity index (χ4v) is 2.73. The maximum atomic E-state index is 13.2. The Morgan fingerprint density at radius 2 is 2.23 bits per heavy atom. The first-order valence-electron chi connectivity index (χ1n) is 6.51. The third-order valence-corrected chi connectivity index (χ3v) is 3.89. The number of aromatic nitrogens is 1. The van der Waals surface area contributed by atoms with Crippen LogP contribution in [0.4, 0.5) is 14.9 Å². The molecular weight excluding hydrogens is 305 g/mol. The Morgan fingerprint density at radius 3 is 2.91 bits per heavy atom. The van der Waals surface area contributed by atoms with Crippen molar-refractivity contribution in [2.24, 2.45) is 4.99 Å². The molecule has 5 nitrogen and oxygen atoms in total. The molecule has 1 N–H and O–H groups in total. The fourth-order valence-electron chi connectivity index (χ4n) is 2.01. The highest BCUT2D eigenvalue weighted by Crippen LogP contribution is 2.30. The van der Waals surface area contributed by atoms with Crippen LogP contribution in [0.15, 0.2) is 38.7 Å². The molecular formula is C15H12FN3O2S. The minimum Gasteiger partial charge on any atom is -0.361 e. The number of hydrogen-bond acceptors (Lipinski definition) is 5. The molecule has 7 heteroatoms. The average molecular weight is 317 g/mol. The minimum atomic E-state index is -0.380. The molecule has 112 valence electrons. The molecule has 0 radical (unpaired) electrons. The van der Waals surface area contributed by atoms with Gasteiger partial charge in [0.1, 0.15) is 17.4 Å². The van der Waals surface area contributed by atoms with E-state index < -0.39 is 0 Å². The lowest BCUT2D eigenvalue weighted by Crippen LogP contribution is -2.18. The zero-order valence-electron chi connectivity index (χ0n) is 11.9. The molecule has 0 atom stereocenters. The third kappa shape index (κ3) is 2.94. The van der Waals surface area contributed by atoms with E-state index in [4.69, 9.17) is 4.52 Å². The van der Waals surface area contributed by atoms with Crippen molar-refractivity contribution in [2.45, 2.75) is 13.8 Å². The number of rotatable bonds is 2. The van der Waals surface area contributed by atoms with Crippen molar-refractivity contribution in [1.29, 1.82) is 0 Å². The zero-order valence-corrected chi connectivity index (χ0v) is 12.7. The van der Waals surface area contributed by atoms with Crippen LogP contribution in [0, 0.1) is 19.7 Å². The molecule has 1 saturated heterocycles. The van der Waals surface area contributed by atoms with Gasteiger partial charge in [-0.05, 0) is 49.9 Å². The van der Waals surface area contributed by atoms with Gasteiger partial charge in [0.2, 0.25) is 0 Å². The number of benzene rings is 1. The van der Waals surface area contributed by atoms with Crippen molar-refractivity contribution in [3.8, 4) is 0 Å². The Labute approximate surface area is 130 Å². The fraction of sp³-hybridized carbons (Fsp3) is 0.133. The van der Waals surface area contributed by atoms with Crippen molar-refractivity contribution in [3.05, 3.63) is 52.0 Å². The number of amidine groups is 1. The Kier molecular flexibility index (Phi) is 3.81. The number of aryl methyl sites for hydroxylation is 2. The first-order valence-corrected chi connectivity index (χ1v) is 7.32. The summed E-state index contributed by atoms with van der Waals surface area (Å²) in [6, 6.07) is 5.87. The van der Waals surface area contributed by atoms with E-state index in [2.05, 4.69) is 15.5 Å².